The topological polar surface area (TPSA) is 76.7 Å². The lowest BCUT2D eigenvalue weighted by Crippen LogP contribution is -2.26. The molecule has 4 rings (SSSR count). The molecular weight excluding hydrogens is 387 g/mol. The Morgan fingerprint density at radius 2 is 1.70 bits per heavy atom. The lowest BCUT2D eigenvalue weighted by Gasteiger charge is -2.13. The van der Waals surface area contributed by atoms with Crippen molar-refractivity contribution in [2.24, 2.45) is 0 Å². The van der Waals surface area contributed by atoms with Crippen molar-refractivity contribution in [3.63, 3.8) is 0 Å². The molecular formula is C23H29FN2O4. The molecule has 1 aliphatic heterocycles. The fourth-order valence-electron chi connectivity index (χ4n) is 3.22. The fraction of sp³-hybridized carbons (Fsp3) is 0.391. The zero-order chi connectivity index (χ0) is 22.1. The first kappa shape index (κ1) is 23.3. The summed E-state index contributed by atoms with van der Waals surface area (Å²) in [4.78, 5) is 24.8. The summed E-state index contributed by atoms with van der Waals surface area (Å²) in [6.07, 6.45) is 2.05. The predicted octanol–water partition coefficient (Wildman–Crippen LogP) is 3.31. The molecule has 7 heteroatoms. The summed E-state index contributed by atoms with van der Waals surface area (Å²) in [5.41, 5.74) is 2.94. The van der Waals surface area contributed by atoms with E-state index in [-0.39, 0.29) is 23.8 Å². The van der Waals surface area contributed by atoms with E-state index in [1.165, 1.54) is 0 Å². The number of nitrogens with one attached hydrogen (secondary N) is 2. The van der Waals surface area contributed by atoms with Crippen LogP contribution in [0.15, 0.2) is 42.5 Å². The number of ether oxygens (including phenoxy) is 2. The van der Waals surface area contributed by atoms with Crippen LogP contribution in [0.5, 0.6) is 5.75 Å². The number of methoxy groups -OCH3 is 1. The van der Waals surface area contributed by atoms with Crippen LogP contribution in [0.25, 0.3) is 0 Å². The highest BCUT2D eigenvalue weighted by molar-refractivity contribution is 6.02. The Kier molecular flexibility index (Phi) is 8.80. The van der Waals surface area contributed by atoms with Crippen molar-refractivity contribution in [3.8, 4) is 5.75 Å². The fourth-order valence-corrected chi connectivity index (χ4v) is 3.22. The molecule has 1 aliphatic carbocycles. The van der Waals surface area contributed by atoms with Gasteiger partial charge in [-0.2, -0.15) is 0 Å². The van der Waals surface area contributed by atoms with Crippen LogP contribution in [0.1, 0.15) is 50.6 Å². The molecule has 162 valence electrons. The SMILES string of the molecule is CF.CNC(=O)c1cc(C(=O)NC2CC2)cc2c1OCC2c1ccccc1.COC. The van der Waals surface area contributed by atoms with Crippen LogP contribution in [0, 0.1) is 0 Å². The molecule has 0 bridgehead atoms. The van der Waals surface area contributed by atoms with E-state index < -0.39 is 0 Å². The summed E-state index contributed by atoms with van der Waals surface area (Å²) in [7, 11) is 5.33. The predicted molar refractivity (Wildman–Crippen MR) is 114 cm³/mol. The largest absolute Gasteiger partial charge is 0.491 e. The third-order valence-electron chi connectivity index (χ3n) is 4.74. The number of hydrogen-bond donors (Lipinski definition) is 2. The van der Waals surface area contributed by atoms with E-state index in [0.717, 1.165) is 24.0 Å². The summed E-state index contributed by atoms with van der Waals surface area (Å²) < 4.78 is 19.6. The van der Waals surface area contributed by atoms with Crippen LogP contribution in [0.3, 0.4) is 0 Å². The Hall–Kier alpha value is -2.93. The Balaban J connectivity index is 0.000000590. The second-order valence-corrected chi connectivity index (χ2v) is 6.95. The van der Waals surface area contributed by atoms with Crippen LogP contribution >= 0.6 is 0 Å². The van der Waals surface area contributed by atoms with Crippen molar-refractivity contribution in [2.45, 2.75) is 24.8 Å². The second-order valence-electron chi connectivity index (χ2n) is 6.95. The minimum Gasteiger partial charge on any atom is -0.491 e. The van der Waals surface area contributed by atoms with Gasteiger partial charge in [0, 0.05) is 44.4 Å². The van der Waals surface area contributed by atoms with E-state index in [1.807, 2.05) is 36.4 Å². The van der Waals surface area contributed by atoms with Gasteiger partial charge >= 0.3 is 0 Å². The van der Waals surface area contributed by atoms with Crippen molar-refractivity contribution >= 4 is 11.8 Å². The molecule has 2 aliphatic rings. The van der Waals surface area contributed by atoms with Gasteiger partial charge in [-0.05, 0) is 30.5 Å². The lowest BCUT2D eigenvalue weighted by atomic mass is 9.90. The van der Waals surface area contributed by atoms with Crippen LogP contribution in [-0.2, 0) is 4.74 Å². The number of benzene rings is 2. The number of hydrogen-bond acceptors (Lipinski definition) is 4. The molecule has 0 spiro atoms. The highest BCUT2D eigenvalue weighted by Crippen LogP contribution is 2.41. The van der Waals surface area contributed by atoms with Crippen molar-refractivity contribution in [1.82, 2.24) is 10.6 Å². The number of carbonyl (C=O) groups is 2. The molecule has 2 aromatic rings. The third-order valence-corrected chi connectivity index (χ3v) is 4.74. The Morgan fingerprint density at radius 3 is 2.27 bits per heavy atom. The first-order chi connectivity index (χ1) is 14.6. The summed E-state index contributed by atoms with van der Waals surface area (Å²) >= 11 is 0. The molecule has 0 radical (unpaired) electrons. The maximum Gasteiger partial charge on any atom is 0.254 e. The van der Waals surface area contributed by atoms with Crippen molar-refractivity contribution in [1.29, 1.82) is 0 Å². The van der Waals surface area contributed by atoms with Gasteiger partial charge in [0.25, 0.3) is 11.8 Å². The molecule has 0 saturated heterocycles. The molecule has 1 heterocycles. The normalized spacial score (nSPS) is 16.0. The number of halogens is 1. The molecule has 2 aromatic carbocycles. The van der Waals surface area contributed by atoms with Gasteiger partial charge in [0.15, 0.2) is 0 Å². The first-order valence-electron chi connectivity index (χ1n) is 9.75. The van der Waals surface area contributed by atoms with Crippen molar-refractivity contribution in [2.75, 3.05) is 35.1 Å². The van der Waals surface area contributed by atoms with E-state index in [0.29, 0.717) is 30.7 Å². The maximum absolute atomic E-state index is 12.5. The van der Waals surface area contributed by atoms with Gasteiger partial charge < -0.3 is 20.1 Å². The zero-order valence-corrected chi connectivity index (χ0v) is 17.8. The molecule has 1 unspecified atom stereocenters. The summed E-state index contributed by atoms with van der Waals surface area (Å²) in [5.74, 6) is 0.227. The van der Waals surface area contributed by atoms with E-state index in [1.54, 1.807) is 27.3 Å². The van der Waals surface area contributed by atoms with Gasteiger partial charge in [-0.15, -0.1) is 0 Å². The third kappa shape index (κ3) is 5.57. The molecule has 30 heavy (non-hydrogen) atoms. The lowest BCUT2D eigenvalue weighted by molar-refractivity contribution is 0.0951. The monoisotopic (exact) mass is 416 g/mol. The highest BCUT2D eigenvalue weighted by atomic mass is 19.1. The number of amides is 2. The van der Waals surface area contributed by atoms with E-state index in [4.69, 9.17) is 4.74 Å². The summed E-state index contributed by atoms with van der Waals surface area (Å²) in [6.45, 7) is 0.469. The quantitative estimate of drug-likeness (QED) is 0.802. The Morgan fingerprint density at radius 1 is 1.07 bits per heavy atom. The van der Waals surface area contributed by atoms with E-state index in [2.05, 4.69) is 15.4 Å². The van der Waals surface area contributed by atoms with Crippen molar-refractivity contribution in [3.05, 3.63) is 64.7 Å². The standard InChI is InChI=1S/C20H20N2O3.C2H6O.CH3F/c1-21-20(24)16-10-13(19(23)22-14-7-8-14)9-15-17(11-25-18(15)16)12-5-3-2-4-6-12;1-3-2;1-2/h2-6,9-10,14,17H,7-8,11H2,1H3,(H,21,24)(H,22,23);1-2H3;1H3. The van der Waals surface area contributed by atoms with Gasteiger partial charge in [-0.25, -0.2) is 0 Å². The average Bonchev–Trinajstić information content (AvgIpc) is 3.50. The molecule has 6 nitrogen and oxygen atoms in total. The van der Waals surface area contributed by atoms with Gasteiger partial charge in [0.2, 0.25) is 0 Å². The number of alkyl halides is 1. The van der Waals surface area contributed by atoms with Gasteiger partial charge in [0.1, 0.15) is 5.75 Å². The smallest absolute Gasteiger partial charge is 0.254 e. The van der Waals surface area contributed by atoms with E-state index in [9.17, 15) is 14.0 Å². The minimum atomic E-state index is -0.244. The number of fused-ring (bicyclic) bond motifs is 1. The van der Waals surface area contributed by atoms with Crippen LogP contribution < -0.4 is 15.4 Å². The Labute approximate surface area is 176 Å². The maximum atomic E-state index is 12.5. The molecule has 1 fully saturated rings. The molecule has 1 atom stereocenters. The summed E-state index contributed by atoms with van der Waals surface area (Å²) in [5, 5.41) is 5.62. The summed E-state index contributed by atoms with van der Waals surface area (Å²) in [6, 6.07) is 13.8. The van der Waals surface area contributed by atoms with Gasteiger partial charge in [-0.1, -0.05) is 30.3 Å². The van der Waals surface area contributed by atoms with E-state index >= 15 is 0 Å². The average molecular weight is 416 g/mol. The Bertz CT molecular complexity index is 854. The van der Waals surface area contributed by atoms with Gasteiger partial charge in [0.05, 0.1) is 19.3 Å². The molecule has 1 saturated carbocycles. The highest BCUT2D eigenvalue weighted by Gasteiger charge is 2.32. The van der Waals surface area contributed by atoms with Gasteiger partial charge in [-0.3, -0.25) is 14.0 Å². The first-order valence-corrected chi connectivity index (χ1v) is 9.75. The van der Waals surface area contributed by atoms with Crippen molar-refractivity contribution < 1.29 is 23.5 Å². The van der Waals surface area contributed by atoms with Crippen LogP contribution in [0.2, 0.25) is 0 Å². The molecule has 2 amide bonds. The molecule has 0 aromatic heterocycles. The van der Waals surface area contributed by atoms with Crippen LogP contribution in [0.4, 0.5) is 4.39 Å². The minimum absolute atomic E-state index is 0.0216. The van der Waals surface area contributed by atoms with Crippen LogP contribution in [-0.4, -0.2) is 52.9 Å². The second kappa shape index (κ2) is 11.3. The molecule has 2 N–H and O–H groups in total. The number of carbonyl (C=O) groups excluding carboxylic acids is 2. The number of rotatable bonds is 4. The zero-order valence-electron chi connectivity index (χ0n) is 17.8.